The van der Waals surface area contributed by atoms with Crippen LogP contribution in [0.4, 0.5) is 0 Å². The van der Waals surface area contributed by atoms with Crippen molar-refractivity contribution in [3.05, 3.63) is 52.3 Å². The molecule has 0 saturated carbocycles. The molecule has 17 heavy (non-hydrogen) atoms. The molecule has 1 N–H and O–H groups in total. The molecular weight excluding hydrogens is 261 g/mol. The molecule has 0 aliphatic carbocycles. The number of rotatable bonds is 2. The first kappa shape index (κ1) is 11.9. The fourth-order valence-electron chi connectivity index (χ4n) is 1.39. The monoisotopic (exact) mass is 267 g/mol. The Balaban J connectivity index is 2.49. The van der Waals surface area contributed by atoms with Gasteiger partial charge in [0, 0.05) is 18.0 Å². The maximum atomic E-state index is 10.8. The first-order chi connectivity index (χ1) is 8.08. The lowest BCUT2D eigenvalue weighted by Crippen LogP contribution is -1.97. The molecule has 0 spiro atoms. The van der Waals surface area contributed by atoms with Gasteiger partial charge in [-0.25, -0.2) is 4.79 Å². The van der Waals surface area contributed by atoms with E-state index in [1.54, 1.807) is 24.4 Å². The average Bonchev–Trinajstić information content (AvgIpc) is 2.33. The quantitative estimate of drug-likeness (QED) is 0.902. The van der Waals surface area contributed by atoms with Crippen molar-refractivity contribution in [1.29, 1.82) is 0 Å². The van der Waals surface area contributed by atoms with E-state index in [2.05, 4.69) is 4.98 Å². The molecule has 1 aromatic carbocycles. The minimum absolute atomic E-state index is 0.133. The SMILES string of the molecule is O=C(O)c1cncc(-c2ccc(Cl)c(Cl)c2)c1. The lowest BCUT2D eigenvalue weighted by Gasteiger charge is -2.04. The van der Waals surface area contributed by atoms with Crippen LogP contribution < -0.4 is 0 Å². The van der Waals surface area contributed by atoms with E-state index >= 15 is 0 Å². The molecule has 1 heterocycles. The number of carbonyl (C=O) groups is 1. The van der Waals surface area contributed by atoms with Crippen molar-refractivity contribution < 1.29 is 9.90 Å². The van der Waals surface area contributed by atoms with Crippen molar-refractivity contribution in [1.82, 2.24) is 4.98 Å². The molecule has 0 saturated heterocycles. The molecule has 0 atom stereocenters. The molecular formula is C12H7Cl2NO2. The van der Waals surface area contributed by atoms with Crippen LogP contribution in [0.3, 0.4) is 0 Å². The number of pyridine rings is 1. The van der Waals surface area contributed by atoms with Crippen LogP contribution in [0.15, 0.2) is 36.7 Å². The zero-order valence-electron chi connectivity index (χ0n) is 8.52. The van der Waals surface area contributed by atoms with Gasteiger partial charge in [0.2, 0.25) is 0 Å². The minimum atomic E-state index is -1.01. The fourth-order valence-corrected chi connectivity index (χ4v) is 1.69. The van der Waals surface area contributed by atoms with E-state index in [0.717, 1.165) is 5.56 Å². The summed E-state index contributed by atoms with van der Waals surface area (Å²) in [6.07, 6.45) is 2.87. The molecule has 0 fully saturated rings. The lowest BCUT2D eigenvalue weighted by atomic mass is 10.1. The van der Waals surface area contributed by atoms with Gasteiger partial charge in [-0.05, 0) is 23.8 Å². The predicted octanol–water partition coefficient (Wildman–Crippen LogP) is 3.75. The Bertz CT molecular complexity index is 584. The maximum absolute atomic E-state index is 10.8. The van der Waals surface area contributed by atoms with E-state index in [0.29, 0.717) is 15.6 Å². The topological polar surface area (TPSA) is 50.2 Å². The number of carboxylic acid groups (broad SMARTS) is 1. The van der Waals surface area contributed by atoms with Crippen molar-refractivity contribution in [2.75, 3.05) is 0 Å². The fraction of sp³-hybridized carbons (Fsp3) is 0. The van der Waals surface area contributed by atoms with E-state index in [1.807, 2.05) is 0 Å². The summed E-state index contributed by atoms with van der Waals surface area (Å²) in [4.78, 5) is 14.7. The number of hydrogen-bond acceptors (Lipinski definition) is 2. The summed E-state index contributed by atoms with van der Waals surface area (Å²) in [7, 11) is 0. The summed E-state index contributed by atoms with van der Waals surface area (Å²) >= 11 is 11.7. The second-order valence-electron chi connectivity index (χ2n) is 3.40. The molecule has 3 nitrogen and oxygen atoms in total. The van der Waals surface area contributed by atoms with Crippen molar-refractivity contribution in [2.45, 2.75) is 0 Å². The Morgan fingerprint density at radius 3 is 2.47 bits per heavy atom. The van der Waals surface area contributed by atoms with Gasteiger partial charge in [0.25, 0.3) is 0 Å². The van der Waals surface area contributed by atoms with Gasteiger partial charge in [0.15, 0.2) is 0 Å². The van der Waals surface area contributed by atoms with Crippen molar-refractivity contribution in [2.24, 2.45) is 0 Å². The Morgan fingerprint density at radius 2 is 1.82 bits per heavy atom. The number of nitrogens with zero attached hydrogens (tertiary/aromatic N) is 1. The van der Waals surface area contributed by atoms with Crippen molar-refractivity contribution in [3.63, 3.8) is 0 Å². The van der Waals surface area contributed by atoms with Gasteiger partial charge in [-0.15, -0.1) is 0 Å². The Kier molecular flexibility index (Phi) is 3.31. The molecule has 0 radical (unpaired) electrons. The summed E-state index contributed by atoms with van der Waals surface area (Å²) in [5.41, 5.74) is 1.59. The first-order valence-corrected chi connectivity index (χ1v) is 5.47. The van der Waals surface area contributed by atoms with Crippen LogP contribution in [0.1, 0.15) is 10.4 Å². The van der Waals surface area contributed by atoms with E-state index in [4.69, 9.17) is 28.3 Å². The summed E-state index contributed by atoms with van der Waals surface area (Å²) in [5.74, 6) is -1.01. The summed E-state index contributed by atoms with van der Waals surface area (Å²) in [5, 5.41) is 9.75. The first-order valence-electron chi connectivity index (χ1n) is 4.71. The van der Waals surface area contributed by atoms with Gasteiger partial charge in [-0.1, -0.05) is 29.3 Å². The zero-order chi connectivity index (χ0) is 12.4. The highest BCUT2D eigenvalue weighted by Crippen LogP contribution is 2.28. The number of carboxylic acids is 1. The molecule has 86 valence electrons. The van der Waals surface area contributed by atoms with E-state index < -0.39 is 5.97 Å². The van der Waals surface area contributed by atoms with Crippen LogP contribution in [0.25, 0.3) is 11.1 Å². The van der Waals surface area contributed by atoms with E-state index in [-0.39, 0.29) is 5.56 Å². The van der Waals surface area contributed by atoms with Crippen LogP contribution in [0.5, 0.6) is 0 Å². The Labute approximate surface area is 108 Å². The van der Waals surface area contributed by atoms with Gasteiger partial charge in [0.05, 0.1) is 15.6 Å². The number of aromatic carboxylic acids is 1. The average molecular weight is 268 g/mol. The smallest absolute Gasteiger partial charge is 0.337 e. The normalized spacial score (nSPS) is 10.2. The third-order valence-corrected chi connectivity index (χ3v) is 2.98. The molecule has 5 heteroatoms. The number of aromatic nitrogens is 1. The molecule has 0 aliphatic heterocycles. The third-order valence-electron chi connectivity index (χ3n) is 2.24. The highest BCUT2D eigenvalue weighted by molar-refractivity contribution is 6.42. The van der Waals surface area contributed by atoms with Crippen LogP contribution >= 0.6 is 23.2 Å². The minimum Gasteiger partial charge on any atom is -0.478 e. The van der Waals surface area contributed by atoms with Crippen molar-refractivity contribution >= 4 is 29.2 Å². The van der Waals surface area contributed by atoms with Crippen LogP contribution in [0.2, 0.25) is 10.0 Å². The summed E-state index contributed by atoms with van der Waals surface area (Å²) in [6.45, 7) is 0. The predicted molar refractivity (Wildman–Crippen MR) is 66.7 cm³/mol. The van der Waals surface area contributed by atoms with Crippen molar-refractivity contribution in [3.8, 4) is 11.1 Å². The molecule has 2 rings (SSSR count). The zero-order valence-corrected chi connectivity index (χ0v) is 10.0. The number of hydrogen-bond donors (Lipinski definition) is 1. The molecule has 0 aliphatic rings. The molecule has 0 bridgehead atoms. The van der Waals surface area contributed by atoms with Gasteiger partial charge in [0.1, 0.15) is 0 Å². The second kappa shape index (κ2) is 4.73. The standard InChI is InChI=1S/C12H7Cl2NO2/c13-10-2-1-7(4-11(10)14)8-3-9(12(16)17)6-15-5-8/h1-6H,(H,16,17). The maximum Gasteiger partial charge on any atom is 0.337 e. The van der Waals surface area contributed by atoms with Gasteiger partial charge >= 0.3 is 5.97 Å². The molecule has 1 aromatic heterocycles. The largest absolute Gasteiger partial charge is 0.478 e. The Hall–Kier alpha value is -1.58. The van der Waals surface area contributed by atoms with Crippen LogP contribution in [-0.4, -0.2) is 16.1 Å². The third kappa shape index (κ3) is 2.57. The van der Waals surface area contributed by atoms with Gasteiger partial charge in [-0.2, -0.15) is 0 Å². The molecule has 2 aromatic rings. The summed E-state index contributed by atoms with van der Waals surface area (Å²) in [6, 6.07) is 6.63. The number of halogens is 2. The van der Waals surface area contributed by atoms with Gasteiger partial charge in [-0.3, -0.25) is 4.98 Å². The Morgan fingerprint density at radius 1 is 1.06 bits per heavy atom. The van der Waals surface area contributed by atoms with Crippen LogP contribution in [-0.2, 0) is 0 Å². The number of benzene rings is 1. The highest BCUT2D eigenvalue weighted by Gasteiger charge is 2.07. The molecule has 0 amide bonds. The lowest BCUT2D eigenvalue weighted by molar-refractivity contribution is 0.0696. The van der Waals surface area contributed by atoms with E-state index in [9.17, 15) is 4.79 Å². The second-order valence-corrected chi connectivity index (χ2v) is 4.21. The van der Waals surface area contributed by atoms with Gasteiger partial charge < -0.3 is 5.11 Å². The molecule has 0 unspecified atom stereocenters. The van der Waals surface area contributed by atoms with E-state index in [1.165, 1.54) is 12.3 Å². The highest BCUT2D eigenvalue weighted by atomic mass is 35.5. The van der Waals surface area contributed by atoms with Crippen LogP contribution in [0, 0.1) is 0 Å². The summed E-state index contributed by atoms with van der Waals surface area (Å²) < 4.78 is 0.